The van der Waals surface area contributed by atoms with Gasteiger partial charge in [-0.15, -0.1) is 0 Å². The van der Waals surface area contributed by atoms with Gasteiger partial charge in [-0.2, -0.15) is 0 Å². The standard InChI is InChI=1S/C23H27N3O6/c1-23(2,3)32-20(28)11-13-31-12-5-6-15-7-8-16-18(14-15)25(4)22(30)26(16)17-9-10-19(27)24-21(17)29/h7-8,14,17H,9-13H2,1-4H3,(H,24,27,29). The van der Waals surface area contributed by atoms with Crippen molar-refractivity contribution in [1.29, 1.82) is 0 Å². The maximum Gasteiger partial charge on any atom is 0.329 e. The van der Waals surface area contributed by atoms with Crippen molar-refractivity contribution in [2.45, 2.75) is 51.7 Å². The van der Waals surface area contributed by atoms with E-state index in [1.54, 1.807) is 25.2 Å². The van der Waals surface area contributed by atoms with E-state index in [2.05, 4.69) is 17.2 Å². The van der Waals surface area contributed by atoms with E-state index in [0.29, 0.717) is 16.6 Å². The van der Waals surface area contributed by atoms with Crippen LogP contribution in [0.25, 0.3) is 11.0 Å². The number of fused-ring (bicyclic) bond motifs is 1. The van der Waals surface area contributed by atoms with E-state index in [1.165, 1.54) is 9.13 Å². The van der Waals surface area contributed by atoms with E-state index in [4.69, 9.17) is 9.47 Å². The highest BCUT2D eigenvalue weighted by Gasteiger charge is 2.31. The zero-order chi connectivity index (χ0) is 23.5. The van der Waals surface area contributed by atoms with Crippen LogP contribution in [0.1, 0.15) is 51.6 Å². The Bertz CT molecular complexity index is 1170. The van der Waals surface area contributed by atoms with E-state index in [9.17, 15) is 19.2 Å². The van der Waals surface area contributed by atoms with Crippen LogP contribution in [-0.2, 0) is 30.9 Å². The van der Waals surface area contributed by atoms with E-state index in [1.807, 2.05) is 20.8 Å². The molecule has 1 saturated heterocycles. The molecule has 2 aromatic rings. The fourth-order valence-corrected chi connectivity index (χ4v) is 3.48. The van der Waals surface area contributed by atoms with Gasteiger partial charge in [-0.05, 0) is 45.4 Å². The Balaban J connectivity index is 1.66. The van der Waals surface area contributed by atoms with Gasteiger partial charge in [-0.25, -0.2) is 4.79 Å². The summed E-state index contributed by atoms with van der Waals surface area (Å²) >= 11 is 0. The molecule has 1 N–H and O–H groups in total. The molecule has 1 aliphatic rings. The van der Waals surface area contributed by atoms with E-state index in [-0.39, 0.29) is 50.0 Å². The number of imide groups is 1. The molecule has 0 radical (unpaired) electrons. The Kier molecular flexibility index (Phi) is 6.84. The molecule has 1 aromatic carbocycles. The second kappa shape index (κ2) is 9.40. The lowest BCUT2D eigenvalue weighted by molar-refractivity contribution is -0.156. The van der Waals surface area contributed by atoms with E-state index < -0.39 is 17.6 Å². The SMILES string of the molecule is Cn1c(=O)n(C2CCC(=O)NC2=O)c2ccc(C#CCOCCC(=O)OC(C)(C)C)cc21. The number of esters is 1. The highest BCUT2D eigenvalue weighted by atomic mass is 16.6. The predicted octanol–water partition coefficient (Wildman–Crippen LogP) is 1.42. The molecule has 32 heavy (non-hydrogen) atoms. The number of nitrogens with one attached hydrogen (secondary N) is 1. The minimum absolute atomic E-state index is 0.150. The second-order valence-corrected chi connectivity index (χ2v) is 8.57. The van der Waals surface area contributed by atoms with Gasteiger partial charge in [0, 0.05) is 19.0 Å². The monoisotopic (exact) mass is 441 g/mol. The molecule has 1 unspecified atom stereocenters. The molecule has 0 aliphatic carbocycles. The number of imidazole rings is 1. The summed E-state index contributed by atoms with van der Waals surface area (Å²) in [4.78, 5) is 48.1. The van der Waals surface area contributed by atoms with Gasteiger partial charge in [-0.3, -0.25) is 28.8 Å². The largest absolute Gasteiger partial charge is 0.460 e. The predicted molar refractivity (Wildman–Crippen MR) is 117 cm³/mol. The molecule has 0 bridgehead atoms. The molecule has 3 rings (SSSR count). The Labute approximate surface area is 185 Å². The third-order valence-corrected chi connectivity index (χ3v) is 4.89. The van der Waals surface area contributed by atoms with Gasteiger partial charge >= 0.3 is 11.7 Å². The Morgan fingerprint density at radius 3 is 2.66 bits per heavy atom. The van der Waals surface area contributed by atoms with E-state index >= 15 is 0 Å². The highest BCUT2D eigenvalue weighted by Crippen LogP contribution is 2.23. The summed E-state index contributed by atoms with van der Waals surface area (Å²) in [6.45, 7) is 5.79. The lowest BCUT2D eigenvalue weighted by Gasteiger charge is -2.21. The molecule has 9 heteroatoms. The summed E-state index contributed by atoms with van der Waals surface area (Å²) in [7, 11) is 1.63. The number of nitrogens with zero attached hydrogens (tertiary/aromatic N) is 2. The minimum Gasteiger partial charge on any atom is -0.460 e. The number of piperidine rings is 1. The van der Waals surface area contributed by atoms with Gasteiger partial charge in [0.25, 0.3) is 0 Å². The summed E-state index contributed by atoms with van der Waals surface area (Å²) in [6, 6.07) is 4.55. The molecule has 1 atom stereocenters. The van der Waals surface area contributed by atoms with Gasteiger partial charge < -0.3 is 9.47 Å². The van der Waals surface area contributed by atoms with Crippen LogP contribution in [0, 0.1) is 11.8 Å². The first-order valence-corrected chi connectivity index (χ1v) is 10.4. The van der Waals surface area contributed by atoms with E-state index in [0.717, 1.165) is 0 Å². The van der Waals surface area contributed by atoms with Gasteiger partial charge in [0.15, 0.2) is 0 Å². The number of aryl methyl sites for hydroxylation is 1. The molecule has 1 aliphatic heterocycles. The summed E-state index contributed by atoms with van der Waals surface area (Å²) in [5.74, 6) is 4.74. The zero-order valence-electron chi connectivity index (χ0n) is 18.7. The first kappa shape index (κ1) is 23.3. The number of rotatable bonds is 5. The van der Waals surface area contributed by atoms with Crippen molar-refractivity contribution < 1.29 is 23.9 Å². The van der Waals surface area contributed by atoms with Crippen molar-refractivity contribution in [1.82, 2.24) is 14.5 Å². The van der Waals surface area contributed by atoms with Crippen LogP contribution in [0.2, 0.25) is 0 Å². The fourth-order valence-electron chi connectivity index (χ4n) is 3.48. The number of aromatic nitrogens is 2. The molecule has 9 nitrogen and oxygen atoms in total. The number of benzene rings is 1. The Morgan fingerprint density at radius 1 is 1.22 bits per heavy atom. The maximum absolute atomic E-state index is 12.8. The van der Waals surface area contributed by atoms with Crippen molar-refractivity contribution in [3.8, 4) is 11.8 Å². The van der Waals surface area contributed by atoms with Crippen molar-refractivity contribution in [2.75, 3.05) is 13.2 Å². The Morgan fingerprint density at radius 2 is 1.97 bits per heavy atom. The summed E-state index contributed by atoms with van der Waals surface area (Å²) in [5, 5.41) is 2.29. The highest BCUT2D eigenvalue weighted by molar-refractivity contribution is 6.00. The fraction of sp³-hybridized carbons (Fsp3) is 0.478. The molecule has 170 valence electrons. The number of ether oxygens (including phenoxy) is 2. The number of carbonyl (C=O) groups excluding carboxylic acids is 3. The van der Waals surface area contributed by atoms with Crippen LogP contribution in [-0.4, -0.2) is 45.7 Å². The molecule has 2 amide bonds. The molecule has 0 saturated carbocycles. The van der Waals surface area contributed by atoms with Crippen LogP contribution in [0.5, 0.6) is 0 Å². The number of carbonyl (C=O) groups is 3. The summed E-state index contributed by atoms with van der Waals surface area (Å²) in [5.41, 5.74) is 1.07. The zero-order valence-corrected chi connectivity index (χ0v) is 18.7. The third kappa shape index (κ3) is 5.45. The third-order valence-electron chi connectivity index (χ3n) is 4.89. The van der Waals surface area contributed by atoms with Crippen molar-refractivity contribution in [2.24, 2.45) is 7.05 Å². The maximum atomic E-state index is 12.8. The molecule has 1 aromatic heterocycles. The van der Waals surface area contributed by atoms with Crippen molar-refractivity contribution in [3.05, 3.63) is 34.2 Å². The topological polar surface area (TPSA) is 109 Å². The van der Waals surface area contributed by atoms with Crippen LogP contribution < -0.4 is 11.0 Å². The number of amides is 2. The summed E-state index contributed by atoms with van der Waals surface area (Å²) < 4.78 is 13.5. The number of hydrogen-bond acceptors (Lipinski definition) is 6. The van der Waals surface area contributed by atoms with Crippen molar-refractivity contribution in [3.63, 3.8) is 0 Å². The first-order valence-electron chi connectivity index (χ1n) is 10.4. The smallest absolute Gasteiger partial charge is 0.329 e. The normalized spacial score (nSPS) is 16.4. The molecule has 1 fully saturated rings. The molecule has 0 spiro atoms. The van der Waals surface area contributed by atoms with Crippen LogP contribution >= 0.6 is 0 Å². The van der Waals surface area contributed by atoms with Crippen molar-refractivity contribution >= 4 is 28.8 Å². The molecular formula is C23H27N3O6. The Hall–Kier alpha value is -3.38. The first-order chi connectivity index (χ1) is 15.1. The van der Waals surface area contributed by atoms with Crippen LogP contribution in [0.15, 0.2) is 23.0 Å². The molecule has 2 heterocycles. The lowest BCUT2D eigenvalue weighted by Crippen LogP contribution is -2.44. The molecular weight excluding hydrogens is 414 g/mol. The van der Waals surface area contributed by atoms with Gasteiger partial charge in [-0.1, -0.05) is 11.8 Å². The lowest BCUT2D eigenvalue weighted by atomic mass is 10.1. The average molecular weight is 441 g/mol. The average Bonchev–Trinajstić information content (AvgIpc) is 2.94. The van der Waals surface area contributed by atoms with Gasteiger partial charge in [0.2, 0.25) is 11.8 Å². The number of hydrogen-bond donors (Lipinski definition) is 1. The quantitative estimate of drug-likeness (QED) is 0.325. The minimum atomic E-state index is -0.723. The van der Waals surface area contributed by atoms with Crippen LogP contribution in [0.4, 0.5) is 0 Å². The van der Waals surface area contributed by atoms with Crippen LogP contribution in [0.3, 0.4) is 0 Å². The second-order valence-electron chi connectivity index (χ2n) is 8.57. The van der Waals surface area contributed by atoms with Gasteiger partial charge in [0.1, 0.15) is 18.2 Å². The van der Waals surface area contributed by atoms with Gasteiger partial charge in [0.05, 0.1) is 24.1 Å². The summed E-state index contributed by atoms with van der Waals surface area (Å²) in [6.07, 6.45) is 0.628.